The molecule has 1 saturated carbocycles. The van der Waals surface area contributed by atoms with Crippen molar-refractivity contribution in [2.75, 3.05) is 6.61 Å². The Morgan fingerprint density at radius 3 is 3.10 bits per heavy atom. The van der Waals surface area contributed by atoms with Crippen molar-refractivity contribution >= 4 is 11.6 Å². The number of nitrogens with zero attached hydrogens (tertiary/aromatic N) is 1. The van der Waals surface area contributed by atoms with Gasteiger partial charge >= 0.3 is 0 Å². The highest BCUT2D eigenvalue weighted by molar-refractivity contribution is 6.30. The first-order valence-corrected chi connectivity index (χ1v) is 7.99. The quantitative estimate of drug-likeness (QED) is 0.916. The van der Waals surface area contributed by atoms with Gasteiger partial charge in [-0.3, -0.25) is 0 Å². The van der Waals surface area contributed by atoms with E-state index in [4.69, 9.17) is 16.3 Å². The fourth-order valence-electron chi connectivity index (χ4n) is 2.95. The number of hydrogen-bond donors (Lipinski definition) is 1. The van der Waals surface area contributed by atoms with Crippen LogP contribution in [0.1, 0.15) is 29.7 Å². The van der Waals surface area contributed by atoms with E-state index < -0.39 is 0 Å². The van der Waals surface area contributed by atoms with Crippen LogP contribution in [0.15, 0.2) is 30.5 Å². The molecule has 1 aromatic heterocycles. The Hall–Kier alpha value is -1.45. The van der Waals surface area contributed by atoms with Gasteiger partial charge in [-0.1, -0.05) is 11.6 Å². The van der Waals surface area contributed by atoms with Gasteiger partial charge < -0.3 is 14.6 Å². The molecule has 1 aliphatic carbocycles. The average molecular weight is 303 g/mol. The van der Waals surface area contributed by atoms with E-state index in [2.05, 4.69) is 28.2 Å². The van der Waals surface area contributed by atoms with Gasteiger partial charge in [0.15, 0.2) is 0 Å². The summed E-state index contributed by atoms with van der Waals surface area (Å²) in [4.78, 5) is 0. The third kappa shape index (κ3) is 2.81. The molecule has 0 amide bonds. The van der Waals surface area contributed by atoms with Gasteiger partial charge in [-0.25, -0.2) is 0 Å². The summed E-state index contributed by atoms with van der Waals surface area (Å²) in [5.41, 5.74) is 3.73. The largest absolute Gasteiger partial charge is 0.493 e. The molecular formula is C17H19ClN2O. The summed E-state index contributed by atoms with van der Waals surface area (Å²) >= 11 is 6.24. The number of hydrogen-bond acceptors (Lipinski definition) is 2. The maximum Gasteiger partial charge on any atom is 0.127 e. The van der Waals surface area contributed by atoms with Gasteiger partial charge in [0.05, 0.1) is 13.2 Å². The summed E-state index contributed by atoms with van der Waals surface area (Å²) in [5, 5.41) is 4.38. The maximum absolute atomic E-state index is 6.24. The molecule has 0 radical (unpaired) electrons. The number of rotatable bonds is 5. The molecule has 2 aliphatic rings. The van der Waals surface area contributed by atoms with Gasteiger partial charge in [0.1, 0.15) is 5.75 Å². The van der Waals surface area contributed by atoms with Gasteiger partial charge in [0.2, 0.25) is 0 Å². The van der Waals surface area contributed by atoms with Gasteiger partial charge in [-0.2, -0.15) is 0 Å². The zero-order valence-electron chi connectivity index (χ0n) is 11.9. The molecule has 2 heterocycles. The minimum atomic E-state index is 0.729. The fraction of sp³-hybridized carbons (Fsp3) is 0.412. The number of benzene rings is 1. The lowest BCUT2D eigenvalue weighted by Crippen LogP contribution is -2.18. The van der Waals surface area contributed by atoms with Crippen molar-refractivity contribution in [1.29, 1.82) is 0 Å². The summed E-state index contributed by atoms with van der Waals surface area (Å²) in [6.45, 7) is 2.52. The van der Waals surface area contributed by atoms with Gasteiger partial charge in [0.25, 0.3) is 0 Å². The molecule has 1 fully saturated rings. The van der Waals surface area contributed by atoms with Crippen molar-refractivity contribution in [1.82, 2.24) is 9.88 Å². The molecular weight excluding hydrogens is 284 g/mol. The summed E-state index contributed by atoms with van der Waals surface area (Å²) < 4.78 is 8.07. The number of halogens is 1. The first kappa shape index (κ1) is 13.2. The predicted octanol–water partition coefficient (Wildman–Crippen LogP) is 3.38. The second-order valence-corrected chi connectivity index (χ2v) is 6.37. The second-order valence-electron chi connectivity index (χ2n) is 5.93. The van der Waals surface area contributed by atoms with Gasteiger partial charge in [0, 0.05) is 41.5 Å². The van der Waals surface area contributed by atoms with Gasteiger partial charge in [-0.15, -0.1) is 0 Å². The summed E-state index contributed by atoms with van der Waals surface area (Å²) in [6, 6.07) is 9.07. The summed E-state index contributed by atoms with van der Waals surface area (Å²) in [7, 11) is 0. The Kier molecular flexibility index (Phi) is 3.40. The Morgan fingerprint density at radius 2 is 2.24 bits per heavy atom. The molecule has 0 saturated heterocycles. The van der Waals surface area contributed by atoms with Crippen LogP contribution in [0.5, 0.6) is 5.75 Å². The molecule has 1 aromatic carbocycles. The number of ether oxygens (including phenoxy) is 1. The van der Waals surface area contributed by atoms with E-state index in [0.717, 1.165) is 42.9 Å². The molecule has 1 N–H and O–H groups in total. The third-order valence-corrected chi connectivity index (χ3v) is 4.46. The van der Waals surface area contributed by atoms with E-state index in [1.54, 1.807) is 0 Å². The smallest absolute Gasteiger partial charge is 0.127 e. The molecule has 0 spiro atoms. The van der Waals surface area contributed by atoms with Crippen molar-refractivity contribution < 1.29 is 4.74 Å². The van der Waals surface area contributed by atoms with Crippen molar-refractivity contribution in [2.45, 2.75) is 38.4 Å². The summed E-state index contributed by atoms with van der Waals surface area (Å²) in [5.74, 6) is 1.04. The van der Waals surface area contributed by atoms with Crippen LogP contribution in [0.4, 0.5) is 0 Å². The fourth-order valence-corrected chi connectivity index (χ4v) is 3.21. The molecule has 4 heteroatoms. The zero-order valence-corrected chi connectivity index (χ0v) is 12.7. The average Bonchev–Trinajstić information content (AvgIpc) is 2.99. The van der Waals surface area contributed by atoms with Crippen molar-refractivity contribution in [3.63, 3.8) is 0 Å². The lowest BCUT2D eigenvalue weighted by atomic mass is 10.1. The lowest BCUT2D eigenvalue weighted by Gasteiger charge is -2.13. The molecule has 0 unspecified atom stereocenters. The normalized spacial score (nSPS) is 16.8. The molecule has 1 aliphatic heterocycles. The Morgan fingerprint density at radius 1 is 1.33 bits per heavy atom. The molecule has 0 bridgehead atoms. The van der Waals surface area contributed by atoms with Crippen LogP contribution in [-0.4, -0.2) is 17.2 Å². The van der Waals surface area contributed by atoms with E-state index in [1.165, 1.54) is 29.7 Å². The highest BCUT2D eigenvalue weighted by atomic mass is 35.5. The highest BCUT2D eigenvalue weighted by Crippen LogP contribution is 2.33. The standard InChI is InChI=1S/C17H19ClN2O/c18-14-8-12-5-7-21-17(12)13(9-14)11-20-6-1-2-16(20)10-19-15-3-4-15/h1-2,6,8-9,15,19H,3-5,7,10-11H2. The molecule has 2 aromatic rings. The second kappa shape index (κ2) is 5.39. The topological polar surface area (TPSA) is 26.2 Å². The van der Waals surface area contributed by atoms with Crippen molar-refractivity contribution in [2.24, 2.45) is 0 Å². The molecule has 21 heavy (non-hydrogen) atoms. The monoisotopic (exact) mass is 302 g/mol. The van der Waals surface area contributed by atoms with Gasteiger partial charge in [-0.05, 0) is 42.7 Å². The van der Waals surface area contributed by atoms with E-state index in [0.29, 0.717) is 0 Å². The number of nitrogens with one attached hydrogen (secondary N) is 1. The van der Waals surface area contributed by atoms with Crippen LogP contribution in [0.25, 0.3) is 0 Å². The Bertz CT molecular complexity index is 661. The Labute approximate surface area is 129 Å². The van der Waals surface area contributed by atoms with Crippen LogP contribution >= 0.6 is 11.6 Å². The predicted molar refractivity (Wildman–Crippen MR) is 84.0 cm³/mol. The van der Waals surface area contributed by atoms with Crippen molar-refractivity contribution in [3.05, 3.63) is 52.3 Å². The third-order valence-electron chi connectivity index (χ3n) is 4.24. The Balaban J connectivity index is 1.57. The van der Waals surface area contributed by atoms with Crippen LogP contribution in [0.2, 0.25) is 5.02 Å². The minimum absolute atomic E-state index is 0.729. The number of aromatic nitrogens is 1. The molecule has 110 valence electrons. The summed E-state index contributed by atoms with van der Waals surface area (Å²) in [6.07, 6.45) is 5.73. The van der Waals surface area contributed by atoms with Crippen LogP contribution in [0, 0.1) is 0 Å². The van der Waals surface area contributed by atoms with Crippen LogP contribution in [0.3, 0.4) is 0 Å². The number of fused-ring (bicyclic) bond motifs is 1. The SMILES string of the molecule is Clc1cc2c(c(Cn3cccc3CNC3CC3)c1)OCC2. The van der Waals surface area contributed by atoms with E-state index >= 15 is 0 Å². The van der Waals surface area contributed by atoms with E-state index in [1.807, 2.05) is 12.1 Å². The minimum Gasteiger partial charge on any atom is -0.493 e. The first-order chi connectivity index (χ1) is 10.3. The zero-order chi connectivity index (χ0) is 14.2. The highest BCUT2D eigenvalue weighted by Gasteiger charge is 2.21. The maximum atomic E-state index is 6.24. The van der Waals surface area contributed by atoms with E-state index in [-0.39, 0.29) is 0 Å². The van der Waals surface area contributed by atoms with Crippen molar-refractivity contribution in [3.8, 4) is 5.75 Å². The lowest BCUT2D eigenvalue weighted by molar-refractivity contribution is 0.352. The van der Waals surface area contributed by atoms with E-state index in [9.17, 15) is 0 Å². The molecule has 4 rings (SSSR count). The molecule has 0 atom stereocenters. The van der Waals surface area contributed by atoms with Crippen LogP contribution < -0.4 is 10.1 Å². The van der Waals surface area contributed by atoms with Crippen LogP contribution in [-0.2, 0) is 19.5 Å². The molecule has 3 nitrogen and oxygen atoms in total. The first-order valence-electron chi connectivity index (χ1n) is 7.61.